The van der Waals surface area contributed by atoms with Gasteiger partial charge in [-0.3, -0.25) is 9.59 Å². The molecule has 0 bridgehead atoms. The number of benzene rings is 3. The van der Waals surface area contributed by atoms with Crippen molar-refractivity contribution in [1.29, 1.82) is 0 Å². The van der Waals surface area contributed by atoms with E-state index < -0.39 is 17.5 Å². The van der Waals surface area contributed by atoms with E-state index in [2.05, 4.69) is 5.32 Å². The van der Waals surface area contributed by atoms with Crippen LogP contribution in [0.15, 0.2) is 54.6 Å². The second-order valence-electron chi connectivity index (χ2n) is 6.00. The minimum Gasteiger partial charge on any atom is -0.428 e. The lowest BCUT2D eigenvalue weighted by atomic mass is 10.0. The molecule has 0 fully saturated rings. The van der Waals surface area contributed by atoms with Crippen LogP contribution in [-0.4, -0.2) is 12.4 Å². The van der Waals surface area contributed by atoms with E-state index in [9.17, 15) is 18.4 Å². The third kappa shape index (κ3) is 4.18. The Balaban J connectivity index is 1.94. The molecule has 0 saturated carbocycles. The Kier molecular flexibility index (Phi) is 5.70. The topological polar surface area (TPSA) is 55.4 Å². The lowest BCUT2D eigenvalue weighted by Gasteiger charge is -2.12. The van der Waals surface area contributed by atoms with E-state index in [1.165, 1.54) is 30.3 Å². The van der Waals surface area contributed by atoms with Gasteiger partial charge in [-0.05, 0) is 60.0 Å². The van der Waals surface area contributed by atoms with Gasteiger partial charge in [-0.25, -0.2) is 8.78 Å². The van der Waals surface area contributed by atoms with Gasteiger partial charge in [0.25, 0.3) is 12.4 Å². The van der Waals surface area contributed by atoms with Crippen molar-refractivity contribution in [3.8, 4) is 16.9 Å². The van der Waals surface area contributed by atoms with E-state index in [4.69, 9.17) is 16.3 Å². The second-order valence-corrected chi connectivity index (χ2v) is 6.40. The number of hydrogen-bond donors (Lipinski definition) is 1. The lowest BCUT2D eigenvalue weighted by Crippen LogP contribution is -2.15. The first-order valence-corrected chi connectivity index (χ1v) is 8.54. The van der Waals surface area contributed by atoms with Crippen molar-refractivity contribution in [2.24, 2.45) is 0 Å². The molecule has 3 aromatic rings. The molecular formula is C21H14ClF2NO3. The molecule has 7 heteroatoms. The molecule has 0 aliphatic carbocycles. The SMILES string of the molecule is Cc1cc(F)cc(-c2cc(F)c(NC(=O)c3ccccc3OC=O)c(Cl)c2)c1. The highest BCUT2D eigenvalue weighted by Gasteiger charge is 2.18. The zero-order chi connectivity index (χ0) is 20.3. The molecule has 0 aliphatic rings. The molecule has 0 spiro atoms. The number of amides is 1. The van der Waals surface area contributed by atoms with Gasteiger partial charge in [-0.1, -0.05) is 29.8 Å². The highest BCUT2D eigenvalue weighted by atomic mass is 35.5. The van der Waals surface area contributed by atoms with Crippen molar-refractivity contribution in [2.45, 2.75) is 6.92 Å². The maximum Gasteiger partial charge on any atom is 0.298 e. The van der Waals surface area contributed by atoms with Crippen molar-refractivity contribution in [2.75, 3.05) is 5.32 Å². The average Bonchev–Trinajstić information content (AvgIpc) is 2.64. The van der Waals surface area contributed by atoms with E-state index in [0.29, 0.717) is 16.7 Å². The zero-order valence-corrected chi connectivity index (χ0v) is 15.4. The van der Waals surface area contributed by atoms with Crippen LogP contribution in [0.2, 0.25) is 5.02 Å². The number of carbonyl (C=O) groups is 2. The highest BCUT2D eigenvalue weighted by molar-refractivity contribution is 6.34. The first kappa shape index (κ1) is 19.5. The monoisotopic (exact) mass is 401 g/mol. The third-order valence-electron chi connectivity index (χ3n) is 3.96. The molecule has 0 aliphatic heterocycles. The van der Waals surface area contributed by atoms with Crippen LogP contribution in [0.25, 0.3) is 11.1 Å². The van der Waals surface area contributed by atoms with Gasteiger partial charge in [0.15, 0.2) is 0 Å². The molecule has 3 rings (SSSR count). The van der Waals surface area contributed by atoms with Gasteiger partial charge >= 0.3 is 0 Å². The largest absolute Gasteiger partial charge is 0.428 e. The second kappa shape index (κ2) is 8.19. The number of hydrogen-bond acceptors (Lipinski definition) is 3. The normalized spacial score (nSPS) is 10.4. The maximum absolute atomic E-state index is 14.6. The van der Waals surface area contributed by atoms with Crippen LogP contribution >= 0.6 is 11.6 Å². The van der Waals surface area contributed by atoms with Crippen molar-refractivity contribution in [3.05, 3.63) is 82.4 Å². The number of anilines is 1. The van der Waals surface area contributed by atoms with Crippen LogP contribution in [-0.2, 0) is 4.79 Å². The minimum atomic E-state index is -0.786. The van der Waals surface area contributed by atoms with Crippen molar-refractivity contribution in [1.82, 2.24) is 0 Å². The summed E-state index contributed by atoms with van der Waals surface area (Å²) in [4.78, 5) is 23.1. The quantitative estimate of drug-likeness (QED) is 0.584. The fraction of sp³-hybridized carbons (Fsp3) is 0.0476. The maximum atomic E-state index is 14.6. The number of aryl methyl sites for hydroxylation is 1. The molecule has 1 N–H and O–H groups in total. The fourth-order valence-electron chi connectivity index (χ4n) is 2.75. The molecule has 1 amide bonds. The molecular weight excluding hydrogens is 388 g/mol. The molecule has 0 aromatic heterocycles. The van der Waals surface area contributed by atoms with Gasteiger partial charge < -0.3 is 10.1 Å². The summed E-state index contributed by atoms with van der Waals surface area (Å²) in [5.74, 6) is -1.91. The van der Waals surface area contributed by atoms with Gasteiger partial charge in [0.05, 0.1) is 16.3 Å². The van der Waals surface area contributed by atoms with Crippen molar-refractivity contribution >= 4 is 29.7 Å². The summed E-state index contributed by atoms with van der Waals surface area (Å²) in [6, 6.07) is 12.9. The molecule has 4 nitrogen and oxygen atoms in total. The Morgan fingerprint density at radius 2 is 1.79 bits per heavy atom. The minimum absolute atomic E-state index is 0.0263. The smallest absolute Gasteiger partial charge is 0.298 e. The summed E-state index contributed by atoms with van der Waals surface area (Å²) in [5, 5.41) is 2.32. The van der Waals surface area contributed by atoms with Crippen LogP contribution in [0.1, 0.15) is 15.9 Å². The Morgan fingerprint density at radius 3 is 2.46 bits per heavy atom. The van der Waals surface area contributed by atoms with Gasteiger partial charge in [-0.15, -0.1) is 0 Å². The number of carbonyl (C=O) groups excluding carboxylic acids is 2. The Hall–Kier alpha value is -3.25. The standard InChI is InChI=1S/C21H14ClF2NO3/c1-12-6-13(8-15(23)7-12)14-9-17(22)20(18(24)10-14)25-21(27)16-4-2-3-5-19(16)28-11-26/h2-11H,1H3,(H,25,27). The van der Waals surface area contributed by atoms with Crippen LogP contribution in [0, 0.1) is 18.6 Å². The van der Waals surface area contributed by atoms with Crippen molar-refractivity contribution in [3.63, 3.8) is 0 Å². The van der Waals surface area contributed by atoms with Gasteiger partial charge in [0, 0.05) is 0 Å². The van der Waals surface area contributed by atoms with E-state index in [0.717, 1.165) is 6.07 Å². The summed E-state index contributed by atoms with van der Waals surface area (Å²) in [6.45, 7) is 1.91. The molecule has 0 saturated heterocycles. The summed E-state index contributed by atoms with van der Waals surface area (Å²) >= 11 is 6.16. The lowest BCUT2D eigenvalue weighted by molar-refractivity contribution is -0.120. The van der Waals surface area contributed by atoms with Gasteiger partial charge in [0.1, 0.15) is 17.4 Å². The summed E-state index contributed by atoms with van der Waals surface area (Å²) in [7, 11) is 0. The molecule has 3 aromatic carbocycles. The summed E-state index contributed by atoms with van der Waals surface area (Å²) < 4.78 is 33.0. The van der Waals surface area contributed by atoms with Crippen LogP contribution in [0.3, 0.4) is 0 Å². The first-order valence-electron chi connectivity index (χ1n) is 8.16. The fourth-order valence-corrected chi connectivity index (χ4v) is 3.01. The molecule has 28 heavy (non-hydrogen) atoms. The zero-order valence-electron chi connectivity index (χ0n) is 14.6. The van der Waals surface area contributed by atoms with E-state index in [-0.39, 0.29) is 28.5 Å². The molecule has 0 unspecified atom stereocenters. The Bertz CT molecular complexity index is 1030. The molecule has 0 atom stereocenters. The molecule has 0 heterocycles. The number of ether oxygens (including phenoxy) is 1. The molecule has 142 valence electrons. The Morgan fingerprint density at radius 1 is 1.07 bits per heavy atom. The number of nitrogens with one attached hydrogen (secondary N) is 1. The van der Waals surface area contributed by atoms with E-state index in [1.54, 1.807) is 25.1 Å². The summed E-state index contributed by atoms with van der Waals surface area (Å²) in [5.41, 5.74) is 1.31. The Labute approximate surface area is 164 Å². The van der Waals surface area contributed by atoms with Gasteiger partial charge in [0.2, 0.25) is 0 Å². The summed E-state index contributed by atoms with van der Waals surface area (Å²) in [6.07, 6.45) is 0. The van der Waals surface area contributed by atoms with Crippen LogP contribution < -0.4 is 10.1 Å². The van der Waals surface area contributed by atoms with Crippen LogP contribution in [0.5, 0.6) is 5.75 Å². The van der Waals surface area contributed by atoms with E-state index >= 15 is 0 Å². The number of halogens is 3. The first-order chi connectivity index (χ1) is 13.4. The molecule has 0 radical (unpaired) electrons. The predicted molar refractivity (Wildman–Crippen MR) is 103 cm³/mol. The van der Waals surface area contributed by atoms with E-state index in [1.807, 2.05) is 0 Å². The number of para-hydroxylation sites is 1. The average molecular weight is 402 g/mol. The number of rotatable bonds is 5. The highest BCUT2D eigenvalue weighted by Crippen LogP contribution is 2.33. The third-order valence-corrected chi connectivity index (χ3v) is 4.26. The van der Waals surface area contributed by atoms with Gasteiger partial charge in [-0.2, -0.15) is 0 Å². The van der Waals surface area contributed by atoms with Crippen molar-refractivity contribution < 1.29 is 23.1 Å². The predicted octanol–water partition coefficient (Wildman–Crippen LogP) is 5.38. The van der Waals surface area contributed by atoms with Crippen LogP contribution in [0.4, 0.5) is 14.5 Å².